The average Bonchev–Trinajstić information content (AvgIpc) is 3.21. The minimum absolute atomic E-state index is 0.152. The molecular formula is C32H51NO3. The van der Waals surface area contributed by atoms with Crippen LogP contribution in [0.5, 0.6) is 0 Å². The summed E-state index contributed by atoms with van der Waals surface area (Å²) >= 11 is 0. The molecule has 4 heteroatoms. The minimum Gasteiger partial charge on any atom is -0.393 e. The van der Waals surface area contributed by atoms with Crippen LogP contribution in [0, 0.1) is 40.4 Å². The maximum atomic E-state index is 6.53. The molecule has 10 atom stereocenters. The highest BCUT2D eigenvalue weighted by atomic mass is 16.7. The Morgan fingerprint density at radius 1 is 1.11 bits per heavy atom. The molecule has 202 valence electrons. The van der Waals surface area contributed by atoms with Crippen LogP contribution in [0.15, 0.2) is 29.0 Å². The van der Waals surface area contributed by atoms with Gasteiger partial charge in [-0.15, -0.1) is 0 Å². The van der Waals surface area contributed by atoms with Gasteiger partial charge < -0.3 is 14.3 Å². The fourth-order valence-electron chi connectivity index (χ4n) is 9.15. The quantitative estimate of drug-likeness (QED) is 0.211. The van der Waals surface area contributed by atoms with Crippen molar-refractivity contribution in [2.75, 3.05) is 0 Å². The van der Waals surface area contributed by atoms with Gasteiger partial charge in [-0.2, -0.15) is 0 Å². The highest BCUT2D eigenvalue weighted by molar-refractivity contribution is 5.85. The Labute approximate surface area is 220 Å². The van der Waals surface area contributed by atoms with E-state index in [1.165, 1.54) is 44.2 Å². The molecule has 4 aliphatic carbocycles. The molecule has 1 heterocycles. The van der Waals surface area contributed by atoms with E-state index in [0.717, 1.165) is 37.0 Å². The van der Waals surface area contributed by atoms with Crippen LogP contribution in [0.25, 0.3) is 0 Å². The van der Waals surface area contributed by atoms with Crippen molar-refractivity contribution in [2.45, 2.75) is 131 Å². The van der Waals surface area contributed by atoms with Crippen molar-refractivity contribution in [3.63, 3.8) is 0 Å². The van der Waals surface area contributed by atoms with E-state index in [0.29, 0.717) is 22.7 Å². The van der Waals surface area contributed by atoms with Gasteiger partial charge in [0.1, 0.15) is 6.10 Å². The van der Waals surface area contributed by atoms with Crippen LogP contribution in [0.4, 0.5) is 0 Å². The third kappa shape index (κ3) is 4.64. The number of oxime groups is 1. The maximum absolute atomic E-state index is 6.53. The molecule has 3 fully saturated rings. The van der Waals surface area contributed by atoms with Gasteiger partial charge in [0.05, 0.1) is 17.9 Å². The predicted octanol–water partition coefficient (Wildman–Crippen LogP) is 8.08. The van der Waals surface area contributed by atoms with E-state index in [-0.39, 0.29) is 24.6 Å². The lowest BCUT2D eigenvalue weighted by Gasteiger charge is -2.58. The summed E-state index contributed by atoms with van der Waals surface area (Å²) in [5.74, 6) is 3.49. The lowest BCUT2D eigenvalue weighted by molar-refractivity contribution is -0.188. The summed E-state index contributed by atoms with van der Waals surface area (Å²) in [5, 5.41) is 4.57. The number of rotatable bonds is 6. The van der Waals surface area contributed by atoms with Crippen LogP contribution in [-0.2, 0) is 14.3 Å². The van der Waals surface area contributed by atoms with Crippen LogP contribution in [0.2, 0.25) is 0 Å². The molecule has 0 aromatic carbocycles. The largest absolute Gasteiger partial charge is 0.393 e. The molecule has 0 aromatic rings. The third-order valence-electron chi connectivity index (χ3n) is 11.2. The maximum Gasteiger partial charge on any atom is 0.177 e. The Balaban J connectivity index is 1.27. The molecule has 0 saturated heterocycles. The fourth-order valence-corrected chi connectivity index (χ4v) is 9.15. The van der Waals surface area contributed by atoms with Gasteiger partial charge in [-0.25, -0.2) is 0 Å². The van der Waals surface area contributed by atoms with Crippen molar-refractivity contribution < 1.29 is 14.3 Å². The van der Waals surface area contributed by atoms with E-state index in [1.54, 1.807) is 5.57 Å². The molecule has 0 amide bonds. The van der Waals surface area contributed by atoms with Gasteiger partial charge in [-0.05, 0) is 113 Å². The molecular weight excluding hydrogens is 446 g/mol. The molecule has 0 aromatic heterocycles. The number of hydrogen-bond donors (Lipinski definition) is 0. The second kappa shape index (κ2) is 10.2. The first-order chi connectivity index (χ1) is 17.2. The number of nitrogens with zero attached hydrogens (tertiary/aromatic N) is 1. The Kier molecular flexibility index (Phi) is 7.51. The zero-order valence-corrected chi connectivity index (χ0v) is 24.0. The standard InChI is InChI=1S/C32H51NO3/c1-8-29-21(4)9-14-30(35-29)34-24-15-17-31(6)23(19-24)10-11-25-27-13-12-26(22(5)33-36-20(2)3)32(27,7)18-16-28(25)31/h9-10,14,20-21,24-30H,8,11-13,15-19H2,1-7H3/b33-22+/t21-,24-,25?,26+,27?,28?,29+,30?,31-,32+/m0/s1. The molecule has 0 N–H and O–H groups in total. The predicted molar refractivity (Wildman–Crippen MR) is 147 cm³/mol. The minimum atomic E-state index is -0.173. The van der Waals surface area contributed by atoms with Crippen LogP contribution in [0.1, 0.15) is 106 Å². The van der Waals surface area contributed by atoms with Gasteiger partial charge in [0.15, 0.2) is 6.29 Å². The SMILES string of the molecule is CC[C@H]1OC(O[C@H]2CC[C@@]3(C)C(=CCC4C3CC[C@@]3(C)C4CC[C@@H]3/C(C)=N/OC(C)C)C2)C=C[C@@H]1C. The summed E-state index contributed by atoms with van der Waals surface area (Å²) < 4.78 is 12.8. The Morgan fingerprint density at radius 3 is 2.67 bits per heavy atom. The molecule has 0 spiro atoms. The van der Waals surface area contributed by atoms with Crippen LogP contribution < -0.4 is 0 Å². The van der Waals surface area contributed by atoms with Crippen molar-refractivity contribution in [1.29, 1.82) is 0 Å². The van der Waals surface area contributed by atoms with Crippen molar-refractivity contribution in [3.8, 4) is 0 Å². The highest BCUT2D eigenvalue weighted by Crippen LogP contribution is 2.66. The Bertz CT molecular complexity index is 892. The number of allylic oxidation sites excluding steroid dienone is 1. The zero-order chi connectivity index (χ0) is 25.7. The van der Waals surface area contributed by atoms with Crippen LogP contribution in [-0.4, -0.2) is 30.3 Å². The number of fused-ring (bicyclic) bond motifs is 5. The van der Waals surface area contributed by atoms with Gasteiger partial charge in [0.25, 0.3) is 0 Å². The molecule has 3 saturated carbocycles. The van der Waals surface area contributed by atoms with E-state index in [9.17, 15) is 0 Å². The third-order valence-corrected chi connectivity index (χ3v) is 11.2. The van der Waals surface area contributed by atoms with Crippen molar-refractivity contribution in [1.82, 2.24) is 0 Å². The number of ether oxygens (including phenoxy) is 2. The second-order valence-electron chi connectivity index (χ2n) is 13.5. The van der Waals surface area contributed by atoms with Gasteiger partial charge in [-0.1, -0.05) is 50.6 Å². The molecule has 1 aliphatic heterocycles. The normalized spacial score (nSPS) is 46.7. The summed E-state index contributed by atoms with van der Waals surface area (Å²) in [4.78, 5) is 5.67. The average molecular weight is 498 g/mol. The van der Waals surface area contributed by atoms with Gasteiger partial charge in [-0.3, -0.25) is 0 Å². The number of hydrogen-bond acceptors (Lipinski definition) is 4. The molecule has 4 unspecified atom stereocenters. The lowest BCUT2D eigenvalue weighted by atomic mass is 9.47. The zero-order valence-electron chi connectivity index (χ0n) is 24.0. The lowest BCUT2D eigenvalue weighted by Crippen LogP contribution is -2.51. The smallest absolute Gasteiger partial charge is 0.177 e. The van der Waals surface area contributed by atoms with Gasteiger partial charge >= 0.3 is 0 Å². The highest BCUT2D eigenvalue weighted by Gasteiger charge is 2.59. The van der Waals surface area contributed by atoms with Crippen molar-refractivity contribution >= 4 is 5.71 Å². The molecule has 5 aliphatic rings. The van der Waals surface area contributed by atoms with Crippen molar-refractivity contribution in [2.24, 2.45) is 45.6 Å². The summed E-state index contributed by atoms with van der Waals surface area (Å²) in [6, 6.07) is 0. The summed E-state index contributed by atoms with van der Waals surface area (Å²) in [6.45, 7) is 16.0. The second-order valence-corrected chi connectivity index (χ2v) is 13.5. The molecule has 0 radical (unpaired) electrons. The van der Waals surface area contributed by atoms with Crippen molar-refractivity contribution in [3.05, 3.63) is 23.8 Å². The monoisotopic (exact) mass is 497 g/mol. The van der Waals surface area contributed by atoms with E-state index in [4.69, 9.17) is 14.3 Å². The van der Waals surface area contributed by atoms with E-state index in [2.05, 4.69) is 71.8 Å². The first kappa shape index (κ1) is 26.5. The van der Waals surface area contributed by atoms with Gasteiger partial charge in [0.2, 0.25) is 0 Å². The van der Waals surface area contributed by atoms with E-state index >= 15 is 0 Å². The molecule has 4 nitrogen and oxygen atoms in total. The molecule has 0 bridgehead atoms. The molecule has 5 rings (SSSR count). The summed E-state index contributed by atoms with van der Waals surface area (Å²) in [7, 11) is 0. The fraction of sp³-hybridized carbons (Fsp3) is 0.844. The summed E-state index contributed by atoms with van der Waals surface area (Å²) in [6.07, 6.45) is 18.7. The van der Waals surface area contributed by atoms with E-state index in [1.807, 2.05) is 0 Å². The molecule has 36 heavy (non-hydrogen) atoms. The Hall–Kier alpha value is -1.13. The topological polar surface area (TPSA) is 40.0 Å². The van der Waals surface area contributed by atoms with Crippen LogP contribution in [0.3, 0.4) is 0 Å². The first-order valence-corrected chi connectivity index (χ1v) is 15.0. The first-order valence-electron chi connectivity index (χ1n) is 15.0. The van der Waals surface area contributed by atoms with E-state index < -0.39 is 0 Å². The summed E-state index contributed by atoms with van der Waals surface area (Å²) in [5.41, 5.74) is 3.62. The Morgan fingerprint density at radius 2 is 1.92 bits per heavy atom. The van der Waals surface area contributed by atoms with Gasteiger partial charge in [0, 0.05) is 11.8 Å². The van der Waals surface area contributed by atoms with Crippen LogP contribution >= 0.6 is 0 Å².